The molecule has 3 heteroatoms. The van der Waals surface area contributed by atoms with Crippen molar-refractivity contribution >= 4 is 22.6 Å². The van der Waals surface area contributed by atoms with Crippen molar-refractivity contribution in [1.82, 2.24) is 0 Å². The predicted octanol–water partition coefficient (Wildman–Crippen LogP) is 2.77. The third kappa shape index (κ3) is 1.59. The normalized spacial score (nSPS) is 21.3. The summed E-state index contributed by atoms with van der Waals surface area (Å²) in [4.78, 5) is 0. The highest BCUT2D eigenvalue weighted by molar-refractivity contribution is 14.1. The second-order valence-corrected chi connectivity index (χ2v) is 4.58. The van der Waals surface area contributed by atoms with E-state index in [0.29, 0.717) is 0 Å². The molecule has 1 aromatic carbocycles. The second kappa shape index (κ2) is 3.53. The first kappa shape index (κ1) is 9.40. The summed E-state index contributed by atoms with van der Waals surface area (Å²) in [6.07, 6.45) is 2.82. The van der Waals surface area contributed by atoms with E-state index in [1.54, 1.807) is 12.1 Å². The fourth-order valence-electron chi connectivity index (χ4n) is 1.91. The molecule has 1 unspecified atom stereocenters. The summed E-state index contributed by atoms with van der Waals surface area (Å²) >= 11 is 2.23. The molecule has 0 fully saturated rings. The zero-order chi connectivity index (χ0) is 9.42. The fourth-order valence-corrected chi connectivity index (χ4v) is 2.81. The highest BCUT2D eigenvalue weighted by Gasteiger charge is 2.21. The molecule has 1 atom stereocenters. The van der Waals surface area contributed by atoms with Gasteiger partial charge < -0.3 is 5.73 Å². The number of benzene rings is 1. The molecule has 0 amide bonds. The van der Waals surface area contributed by atoms with E-state index in [0.717, 1.165) is 34.0 Å². The van der Waals surface area contributed by atoms with E-state index in [1.807, 2.05) is 0 Å². The predicted molar refractivity (Wildman–Crippen MR) is 59.0 cm³/mol. The van der Waals surface area contributed by atoms with Crippen LogP contribution in [0.25, 0.3) is 0 Å². The maximum atomic E-state index is 13.4. The lowest BCUT2D eigenvalue weighted by Gasteiger charge is -2.23. The van der Waals surface area contributed by atoms with Gasteiger partial charge in [0.25, 0.3) is 0 Å². The Hall–Kier alpha value is -0.160. The molecule has 0 spiro atoms. The minimum atomic E-state index is -0.0921. The van der Waals surface area contributed by atoms with Crippen LogP contribution >= 0.6 is 22.6 Å². The Morgan fingerprint density at radius 2 is 2.23 bits per heavy atom. The Labute approximate surface area is 90.7 Å². The van der Waals surface area contributed by atoms with Crippen molar-refractivity contribution in [1.29, 1.82) is 0 Å². The first-order chi connectivity index (χ1) is 6.20. The zero-order valence-electron chi connectivity index (χ0n) is 7.19. The van der Waals surface area contributed by atoms with Gasteiger partial charge in [0.1, 0.15) is 5.82 Å². The van der Waals surface area contributed by atoms with Crippen LogP contribution in [0.4, 0.5) is 4.39 Å². The van der Waals surface area contributed by atoms with Gasteiger partial charge in [0, 0.05) is 9.61 Å². The highest BCUT2D eigenvalue weighted by atomic mass is 127. The molecule has 0 aliphatic heterocycles. The lowest BCUT2D eigenvalue weighted by Crippen LogP contribution is -2.19. The van der Waals surface area contributed by atoms with Crippen LogP contribution in [-0.4, -0.2) is 0 Å². The van der Waals surface area contributed by atoms with E-state index >= 15 is 0 Å². The van der Waals surface area contributed by atoms with Gasteiger partial charge in [0.05, 0.1) is 0 Å². The van der Waals surface area contributed by atoms with E-state index in [2.05, 4.69) is 22.6 Å². The van der Waals surface area contributed by atoms with Gasteiger partial charge in [-0.05, 0) is 65.1 Å². The SMILES string of the molecule is NC1CCCc2c(F)ccc(I)c21. The van der Waals surface area contributed by atoms with Crippen molar-refractivity contribution in [3.05, 3.63) is 32.6 Å². The summed E-state index contributed by atoms with van der Waals surface area (Å²) < 4.78 is 14.5. The largest absolute Gasteiger partial charge is 0.324 e. The molecule has 0 heterocycles. The van der Waals surface area contributed by atoms with Crippen molar-refractivity contribution < 1.29 is 4.39 Å². The second-order valence-electron chi connectivity index (χ2n) is 3.42. The third-order valence-corrected chi connectivity index (χ3v) is 3.50. The van der Waals surface area contributed by atoms with Gasteiger partial charge in [-0.25, -0.2) is 4.39 Å². The molecule has 70 valence electrons. The van der Waals surface area contributed by atoms with Gasteiger partial charge in [-0.15, -0.1) is 0 Å². The highest BCUT2D eigenvalue weighted by Crippen LogP contribution is 2.32. The number of fused-ring (bicyclic) bond motifs is 1. The lowest BCUT2D eigenvalue weighted by molar-refractivity contribution is 0.529. The van der Waals surface area contributed by atoms with Crippen molar-refractivity contribution in [3.8, 4) is 0 Å². The Morgan fingerprint density at radius 1 is 1.46 bits per heavy atom. The number of halogens is 2. The molecule has 0 bridgehead atoms. The monoisotopic (exact) mass is 291 g/mol. The maximum absolute atomic E-state index is 13.4. The topological polar surface area (TPSA) is 26.0 Å². The van der Waals surface area contributed by atoms with E-state index < -0.39 is 0 Å². The van der Waals surface area contributed by atoms with Gasteiger partial charge in [-0.3, -0.25) is 0 Å². The molecule has 2 N–H and O–H groups in total. The average molecular weight is 291 g/mol. The minimum absolute atomic E-state index is 0.0337. The van der Waals surface area contributed by atoms with E-state index in [4.69, 9.17) is 5.73 Å². The average Bonchev–Trinajstić information content (AvgIpc) is 2.12. The standard InChI is InChI=1S/C10H11FIN/c11-7-4-5-8(12)10-6(7)2-1-3-9(10)13/h4-5,9H,1-3,13H2. The van der Waals surface area contributed by atoms with Crippen molar-refractivity contribution in [2.24, 2.45) is 5.73 Å². The Kier molecular flexibility index (Phi) is 2.55. The van der Waals surface area contributed by atoms with Crippen LogP contribution in [-0.2, 0) is 6.42 Å². The van der Waals surface area contributed by atoms with Crippen molar-refractivity contribution in [2.75, 3.05) is 0 Å². The molecule has 2 rings (SSSR count). The Balaban J connectivity index is 2.60. The molecule has 0 saturated heterocycles. The third-order valence-electron chi connectivity index (χ3n) is 2.56. The van der Waals surface area contributed by atoms with Crippen LogP contribution in [0.5, 0.6) is 0 Å². The summed E-state index contributed by atoms with van der Waals surface area (Å²) in [5, 5.41) is 0. The molecular weight excluding hydrogens is 280 g/mol. The first-order valence-electron chi connectivity index (χ1n) is 4.42. The summed E-state index contributed by atoms with van der Waals surface area (Å²) in [7, 11) is 0. The maximum Gasteiger partial charge on any atom is 0.126 e. The first-order valence-corrected chi connectivity index (χ1v) is 5.50. The number of hydrogen-bond donors (Lipinski definition) is 1. The van der Waals surface area contributed by atoms with Crippen LogP contribution in [0.2, 0.25) is 0 Å². The molecule has 1 aliphatic rings. The summed E-state index contributed by atoms with van der Waals surface area (Å²) in [6.45, 7) is 0. The van der Waals surface area contributed by atoms with Crippen LogP contribution in [0.3, 0.4) is 0 Å². The number of nitrogens with two attached hydrogens (primary N) is 1. The molecule has 0 radical (unpaired) electrons. The van der Waals surface area contributed by atoms with E-state index in [1.165, 1.54) is 0 Å². The van der Waals surface area contributed by atoms with Crippen molar-refractivity contribution in [3.63, 3.8) is 0 Å². The van der Waals surface area contributed by atoms with Gasteiger partial charge in [0.2, 0.25) is 0 Å². The smallest absolute Gasteiger partial charge is 0.126 e. The zero-order valence-corrected chi connectivity index (χ0v) is 9.34. The summed E-state index contributed by atoms with van der Waals surface area (Å²) in [5.74, 6) is -0.0921. The fraction of sp³-hybridized carbons (Fsp3) is 0.400. The number of hydrogen-bond acceptors (Lipinski definition) is 1. The number of rotatable bonds is 0. The summed E-state index contributed by atoms with van der Waals surface area (Å²) in [5.41, 5.74) is 7.82. The van der Waals surface area contributed by atoms with E-state index in [9.17, 15) is 4.39 Å². The molecule has 0 saturated carbocycles. The van der Waals surface area contributed by atoms with Crippen LogP contribution in [0.15, 0.2) is 12.1 Å². The molecular formula is C10H11FIN. The summed E-state index contributed by atoms with van der Waals surface area (Å²) in [6, 6.07) is 3.38. The molecule has 1 nitrogen and oxygen atoms in total. The minimum Gasteiger partial charge on any atom is -0.324 e. The van der Waals surface area contributed by atoms with Gasteiger partial charge in [-0.1, -0.05) is 0 Å². The molecule has 1 aliphatic carbocycles. The van der Waals surface area contributed by atoms with Crippen LogP contribution in [0.1, 0.15) is 30.0 Å². The Bertz CT molecular complexity index is 338. The van der Waals surface area contributed by atoms with Crippen LogP contribution < -0.4 is 5.73 Å². The molecule has 1 aromatic rings. The van der Waals surface area contributed by atoms with E-state index in [-0.39, 0.29) is 11.9 Å². The van der Waals surface area contributed by atoms with Crippen LogP contribution in [0, 0.1) is 9.39 Å². The Morgan fingerprint density at radius 3 is 2.92 bits per heavy atom. The quantitative estimate of drug-likeness (QED) is 0.731. The van der Waals surface area contributed by atoms with Gasteiger partial charge >= 0.3 is 0 Å². The molecule has 0 aromatic heterocycles. The van der Waals surface area contributed by atoms with Gasteiger partial charge in [0.15, 0.2) is 0 Å². The lowest BCUT2D eigenvalue weighted by atomic mass is 9.88. The van der Waals surface area contributed by atoms with Crippen molar-refractivity contribution in [2.45, 2.75) is 25.3 Å². The molecule has 13 heavy (non-hydrogen) atoms. The van der Waals surface area contributed by atoms with Gasteiger partial charge in [-0.2, -0.15) is 0 Å².